The standard InChI is InChI=1S/C9H10N2OS/c1-2-12-6-7-4-3-5-8-9(7)11-13-10-8/h3-5H,2,6H2,1H3. The van der Waals surface area contributed by atoms with Crippen LogP contribution in [0.5, 0.6) is 0 Å². The zero-order chi connectivity index (χ0) is 9.10. The van der Waals surface area contributed by atoms with E-state index >= 15 is 0 Å². The van der Waals surface area contributed by atoms with E-state index in [2.05, 4.69) is 8.75 Å². The van der Waals surface area contributed by atoms with Gasteiger partial charge in [-0.3, -0.25) is 0 Å². The molecule has 0 radical (unpaired) electrons. The lowest BCUT2D eigenvalue weighted by Gasteiger charge is -2.00. The van der Waals surface area contributed by atoms with E-state index in [0.717, 1.165) is 23.2 Å². The SMILES string of the molecule is CCOCc1cccc2nsnc12. The smallest absolute Gasteiger partial charge is 0.110 e. The number of hydrogen-bond acceptors (Lipinski definition) is 4. The monoisotopic (exact) mass is 194 g/mol. The molecule has 0 spiro atoms. The van der Waals surface area contributed by atoms with E-state index in [4.69, 9.17) is 4.74 Å². The second-order valence-electron chi connectivity index (χ2n) is 2.69. The second kappa shape index (κ2) is 3.81. The summed E-state index contributed by atoms with van der Waals surface area (Å²) in [6, 6.07) is 5.98. The maximum Gasteiger partial charge on any atom is 0.110 e. The van der Waals surface area contributed by atoms with Crippen LogP contribution in [-0.2, 0) is 11.3 Å². The van der Waals surface area contributed by atoms with Crippen LogP contribution in [-0.4, -0.2) is 15.4 Å². The molecule has 4 heteroatoms. The lowest BCUT2D eigenvalue weighted by Crippen LogP contribution is -1.92. The zero-order valence-corrected chi connectivity index (χ0v) is 8.17. The third kappa shape index (κ3) is 1.68. The molecule has 1 aromatic heterocycles. The van der Waals surface area contributed by atoms with Gasteiger partial charge in [-0.25, -0.2) is 0 Å². The van der Waals surface area contributed by atoms with Gasteiger partial charge < -0.3 is 4.74 Å². The van der Waals surface area contributed by atoms with E-state index in [1.807, 2.05) is 25.1 Å². The molecule has 0 bridgehead atoms. The van der Waals surface area contributed by atoms with Crippen molar-refractivity contribution in [3.63, 3.8) is 0 Å². The molecule has 0 saturated carbocycles. The summed E-state index contributed by atoms with van der Waals surface area (Å²) < 4.78 is 13.7. The summed E-state index contributed by atoms with van der Waals surface area (Å²) >= 11 is 1.24. The summed E-state index contributed by atoms with van der Waals surface area (Å²) in [5.74, 6) is 0. The average Bonchev–Trinajstić information content (AvgIpc) is 2.62. The zero-order valence-electron chi connectivity index (χ0n) is 7.36. The van der Waals surface area contributed by atoms with Crippen molar-refractivity contribution >= 4 is 22.8 Å². The van der Waals surface area contributed by atoms with Crippen LogP contribution in [0.25, 0.3) is 11.0 Å². The quantitative estimate of drug-likeness (QED) is 0.751. The van der Waals surface area contributed by atoms with Gasteiger partial charge in [-0.2, -0.15) is 8.75 Å². The topological polar surface area (TPSA) is 35.0 Å². The van der Waals surface area contributed by atoms with E-state index in [0.29, 0.717) is 6.61 Å². The van der Waals surface area contributed by atoms with Gasteiger partial charge in [0.05, 0.1) is 18.3 Å². The Morgan fingerprint density at radius 1 is 1.38 bits per heavy atom. The summed E-state index contributed by atoms with van der Waals surface area (Å²) in [5.41, 5.74) is 3.05. The fourth-order valence-electron chi connectivity index (χ4n) is 1.19. The van der Waals surface area contributed by atoms with Crippen LogP contribution in [0.1, 0.15) is 12.5 Å². The fourth-order valence-corrected chi connectivity index (χ4v) is 1.76. The predicted octanol–water partition coefficient (Wildman–Crippen LogP) is 2.23. The van der Waals surface area contributed by atoms with Crippen LogP contribution in [0.2, 0.25) is 0 Å². The Bertz CT molecular complexity index is 399. The molecule has 0 saturated heterocycles. The predicted molar refractivity (Wildman–Crippen MR) is 52.7 cm³/mol. The van der Waals surface area contributed by atoms with E-state index in [1.54, 1.807) is 0 Å². The van der Waals surface area contributed by atoms with Crippen molar-refractivity contribution in [2.75, 3.05) is 6.61 Å². The molecule has 13 heavy (non-hydrogen) atoms. The lowest BCUT2D eigenvalue weighted by molar-refractivity contribution is 0.135. The van der Waals surface area contributed by atoms with Crippen LogP contribution < -0.4 is 0 Å². The molecule has 1 heterocycles. The molecule has 0 amide bonds. The molecule has 0 aliphatic heterocycles. The largest absolute Gasteiger partial charge is 0.377 e. The molecular formula is C9H10N2OS. The highest BCUT2D eigenvalue weighted by molar-refractivity contribution is 7.00. The molecule has 3 nitrogen and oxygen atoms in total. The second-order valence-corrected chi connectivity index (χ2v) is 3.21. The maximum absolute atomic E-state index is 5.33. The van der Waals surface area contributed by atoms with E-state index in [9.17, 15) is 0 Å². The summed E-state index contributed by atoms with van der Waals surface area (Å²) in [4.78, 5) is 0. The highest BCUT2D eigenvalue weighted by Crippen LogP contribution is 2.16. The minimum absolute atomic E-state index is 0.624. The normalized spacial score (nSPS) is 10.8. The first-order valence-corrected chi connectivity index (χ1v) is 4.92. The molecule has 0 fully saturated rings. The number of aromatic nitrogens is 2. The highest BCUT2D eigenvalue weighted by Gasteiger charge is 2.03. The van der Waals surface area contributed by atoms with Gasteiger partial charge in [0.15, 0.2) is 0 Å². The van der Waals surface area contributed by atoms with Crippen LogP contribution in [0, 0.1) is 0 Å². The van der Waals surface area contributed by atoms with Crippen molar-refractivity contribution in [1.29, 1.82) is 0 Å². The molecule has 68 valence electrons. The molecule has 1 aromatic carbocycles. The van der Waals surface area contributed by atoms with Crippen LogP contribution in [0.3, 0.4) is 0 Å². The van der Waals surface area contributed by atoms with Crippen molar-refractivity contribution in [3.8, 4) is 0 Å². The van der Waals surface area contributed by atoms with Gasteiger partial charge in [0, 0.05) is 12.2 Å². The number of hydrogen-bond donors (Lipinski definition) is 0. The van der Waals surface area contributed by atoms with Gasteiger partial charge in [0.25, 0.3) is 0 Å². The Balaban J connectivity index is 2.37. The van der Waals surface area contributed by atoms with Gasteiger partial charge in [-0.05, 0) is 13.0 Å². The van der Waals surface area contributed by atoms with Crippen LogP contribution in [0.15, 0.2) is 18.2 Å². The minimum Gasteiger partial charge on any atom is -0.377 e. The summed E-state index contributed by atoms with van der Waals surface area (Å²) in [6.45, 7) is 3.34. The molecule has 0 unspecified atom stereocenters. The van der Waals surface area contributed by atoms with E-state index in [-0.39, 0.29) is 0 Å². The lowest BCUT2D eigenvalue weighted by atomic mass is 10.2. The summed E-state index contributed by atoms with van der Waals surface area (Å²) in [7, 11) is 0. The molecule has 2 aromatic rings. The number of nitrogens with zero attached hydrogens (tertiary/aromatic N) is 2. The van der Waals surface area contributed by atoms with Gasteiger partial charge in [0.1, 0.15) is 11.0 Å². The first-order valence-electron chi connectivity index (χ1n) is 4.19. The first kappa shape index (κ1) is 8.59. The Kier molecular flexibility index (Phi) is 2.52. The molecule has 0 aliphatic rings. The number of rotatable bonds is 3. The maximum atomic E-state index is 5.33. The average molecular weight is 194 g/mol. The number of benzene rings is 1. The van der Waals surface area contributed by atoms with Crippen molar-refractivity contribution < 1.29 is 4.74 Å². The summed E-state index contributed by atoms with van der Waals surface area (Å²) in [6.07, 6.45) is 0. The Labute approximate surface area is 80.7 Å². The first-order chi connectivity index (χ1) is 6.42. The molecular weight excluding hydrogens is 184 g/mol. The highest BCUT2D eigenvalue weighted by atomic mass is 32.1. The molecule has 0 N–H and O–H groups in total. The van der Waals surface area contributed by atoms with Crippen LogP contribution in [0.4, 0.5) is 0 Å². The van der Waals surface area contributed by atoms with Gasteiger partial charge >= 0.3 is 0 Å². The number of fused-ring (bicyclic) bond motifs is 1. The van der Waals surface area contributed by atoms with Crippen molar-refractivity contribution in [1.82, 2.24) is 8.75 Å². The third-order valence-corrected chi connectivity index (χ3v) is 2.37. The number of ether oxygens (including phenoxy) is 1. The third-order valence-electron chi connectivity index (χ3n) is 1.83. The van der Waals surface area contributed by atoms with E-state index in [1.165, 1.54) is 11.7 Å². The van der Waals surface area contributed by atoms with E-state index < -0.39 is 0 Å². The Hall–Kier alpha value is -1.00. The Morgan fingerprint density at radius 2 is 2.31 bits per heavy atom. The van der Waals surface area contributed by atoms with Gasteiger partial charge in [-0.1, -0.05) is 12.1 Å². The summed E-state index contributed by atoms with van der Waals surface area (Å²) in [5, 5.41) is 0. The molecule has 0 atom stereocenters. The van der Waals surface area contributed by atoms with Crippen molar-refractivity contribution in [2.24, 2.45) is 0 Å². The fraction of sp³-hybridized carbons (Fsp3) is 0.333. The van der Waals surface area contributed by atoms with Gasteiger partial charge in [-0.15, -0.1) is 0 Å². The molecule has 0 aliphatic carbocycles. The van der Waals surface area contributed by atoms with Crippen molar-refractivity contribution in [2.45, 2.75) is 13.5 Å². The minimum atomic E-state index is 0.624. The Morgan fingerprint density at radius 3 is 3.15 bits per heavy atom. The van der Waals surface area contributed by atoms with Crippen molar-refractivity contribution in [3.05, 3.63) is 23.8 Å². The molecule has 2 rings (SSSR count). The van der Waals surface area contributed by atoms with Gasteiger partial charge in [0.2, 0.25) is 0 Å². The van der Waals surface area contributed by atoms with Crippen LogP contribution >= 0.6 is 11.7 Å².